The predicted octanol–water partition coefficient (Wildman–Crippen LogP) is 13.5. The van der Waals surface area contributed by atoms with Crippen LogP contribution in [0.1, 0.15) is 187 Å². The molecule has 0 aromatic rings. The van der Waals surface area contributed by atoms with Gasteiger partial charge in [-0.3, -0.25) is 4.79 Å². The summed E-state index contributed by atoms with van der Waals surface area (Å²) in [5.74, 6) is 6.72. The van der Waals surface area contributed by atoms with Crippen molar-refractivity contribution < 1.29 is 9.53 Å². The van der Waals surface area contributed by atoms with Gasteiger partial charge in [-0.1, -0.05) is 145 Å². The smallest absolute Gasteiger partial charge is 0.305 e. The highest BCUT2D eigenvalue weighted by molar-refractivity contribution is 5.69. The molecule has 0 bridgehead atoms. The van der Waals surface area contributed by atoms with E-state index >= 15 is 0 Å². The Bertz CT molecular complexity index is 856. The fraction of sp³-hybridized carbons (Fsp3) is 0.756. The van der Waals surface area contributed by atoms with E-state index < -0.39 is 0 Å². The first-order chi connectivity index (χ1) is 23.6. The zero-order valence-corrected chi connectivity index (χ0v) is 32.5. The molecule has 0 spiro atoms. The molecule has 0 heterocycles. The van der Waals surface area contributed by atoms with Crippen molar-refractivity contribution in [3.63, 3.8) is 0 Å². The van der Waals surface area contributed by atoms with Crippen molar-refractivity contribution in [1.29, 1.82) is 0 Å². The topological polar surface area (TPSA) is 29.5 Å². The highest BCUT2D eigenvalue weighted by Gasteiger charge is 2.12. The van der Waals surface area contributed by atoms with Gasteiger partial charge in [-0.25, -0.2) is 0 Å². The summed E-state index contributed by atoms with van der Waals surface area (Å²) in [6.45, 7) is 5.68. The monoisotopic (exact) mass is 666 g/mol. The zero-order valence-electron chi connectivity index (χ0n) is 32.5. The Balaban J connectivity index is 4.10. The average molecular weight is 666 g/mol. The molecule has 276 valence electrons. The summed E-state index contributed by atoms with van der Waals surface area (Å²) >= 11 is 0. The Morgan fingerprint density at radius 3 is 1.58 bits per heavy atom. The van der Waals surface area contributed by atoms with Gasteiger partial charge in [0.25, 0.3) is 0 Å². The van der Waals surface area contributed by atoms with Crippen LogP contribution in [0.4, 0.5) is 0 Å². The summed E-state index contributed by atoms with van der Waals surface area (Å²) in [5, 5.41) is 0. The van der Waals surface area contributed by atoms with Gasteiger partial charge >= 0.3 is 5.97 Å². The molecule has 0 aliphatic heterocycles. The van der Waals surface area contributed by atoms with E-state index in [-0.39, 0.29) is 5.97 Å². The normalized spacial score (nSPS) is 12.6. The van der Waals surface area contributed by atoms with E-state index in [2.05, 4.69) is 86.4 Å². The second kappa shape index (κ2) is 39.4. The highest BCUT2D eigenvalue weighted by Crippen LogP contribution is 2.24. The number of carbonyl (C=O) groups excluding carboxylic acids is 1. The van der Waals surface area contributed by atoms with E-state index in [0.29, 0.717) is 18.9 Å². The van der Waals surface area contributed by atoms with E-state index in [0.717, 1.165) is 45.1 Å². The Labute approximate surface area is 300 Å². The fourth-order valence-electron chi connectivity index (χ4n) is 6.00. The second-order valence-corrected chi connectivity index (χ2v) is 14.0. The number of hydrogen-bond acceptors (Lipinski definition) is 3. The average Bonchev–Trinajstić information content (AvgIpc) is 3.08. The number of rotatable bonds is 35. The lowest BCUT2D eigenvalue weighted by atomic mass is 9.90. The minimum atomic E-state index is 0.00250. The van der Waals surface area contributed by atoms with E-state index in [9.17, 15) is 4.79 Å². The fourth-order valence-corrected chi connectivity index (χ4v) is 6.00. The summed E-state index contributed by atoms with van der Waals surface area (Å²) in [7, 11) is 4.12. The molecule has 1 atom stereocenters. The zero-order chi connectivity index (χ0) is 35.0. The molecule has 0 fully saturated rings. The molecule has 0 saturated heterocycles. The van der Waals surface area contributed by atoms with Crippen LogP contribution < -0.4 is 0 Å². The number of hydrogen-bond donors (Lipinski definition) is 0. The van der Waals surface area contributed by atoms with Gasteiger partial charge < -0.3 is 9.64 Å². The molecule has 48 heavy (non-hydrogen) atoms. The molecule has 0 aliphatic rings. The predicted molar refractivity (Wildman–Crippen MR) is 213 cm³/mol. The molecule has 0 amide bonds. The van der Waals surface area contributed by atoms with Crippen LogP contribution in [-0.2, 0) is 9.53 Å². The second-order valence-electron chi connectivity index (χ2n) is 14.0. The van der Waals surface area contributed by atoms with Crippen LogP contribution in [0.5, 0.6) is 0 Å². The van der Waals surface area contributed by atoms with Crippen LogP contribution in [0.2, 0.25) is 0 Å². The van der Waals surface area contributed by atoms with Gasteiger partial charge in [0.05, 0.1) is 6.61 Å². The van der Waals surface area contributed by atoms with Crippen molar-refractivity contribution in [2.75, 3.05) is 27.2 Å². The van der Waals surface area contributed by atoms with E-state index in [1.54, 1.807) is 0 Å². The van der Waals surface area contributed by atoms with Crippen molar-refractivity contribution in [3.05, 3.63) is 48.6 Å². The van der Waals surface area contributed by atoms with Crippen molar-refractivity contribution in [3.8, 4) is 11.8 Å². The van der Waals surface area contributed by atoms with Crippen LogP contribution in [-0.4, -0.2) is 38.1 Å². The minimum absolute atomic E-state index is 0.00250. The van der Waals surface area contributed by atoms with Gasteiger partial charge in [0.15, 0.2) is 0 Å². The number of unbranched alkanes of at least 4 members (excludes halogenated alkanes) is 16. The van der Waals surface area contributed by atoms with Gasteiger partial charge in [-0.2, -0.15) is 0 Å². The third-order valence-electron chi connectivity index (χ3n) is 9.03. The van der Waals surface area contributed by atoms with Crippen LogP contribution in [0.25, 0.3) is 0 Å². The first-order valence-corrected chi connectivity index (χ1v) is 20.4. The van der Waals surface area contributed by atoms with Gasteiger partial charge in [0.1, 0.15) is 0 Å². The van der Waals surface area contributed by atoms with Crippen LogP contribution in [0.3, 0.4) is 0 Å². The largest absolute Gasteiger partial charge is 0.466 e. The summed E-state index contributed by atoms with van der Waals surface area (Å²) < 4.78 is 5.53. The molecule has 0 N–H and O–H groups in total. The van der Waals surface area contributed by atoms with Crippen LogP contribution >= 0.6 is 0 Å². The third-order valence-corrected chi connectivity index (χ3v) is 9.03. The van der Waals surface area contributed by atoms with Gasteiger partial charge in [-0.05, 0) is 97.6 Å². The van der Waals surface area contributed by atoms with Crippen molar-refractivity contribution >= 4 is 5.97 Å². The molecule has 0 aromatic carbocycles. The summed E-state index contributed by atoms with van der Waals surface area (Å²) in [6, 6.07) is 0. The molecule has 1 unspecified atom stereocenters. The Kier molecular flexibility index (Phi) is 37.7. The molecule has 0 radical (unpaired) electrons. The first kappa shape index (κ1) is 46.0. The summed E-state index contributed by atoms with van der Waals surface area (Å²) in [4.78, 5) is 14.5. The molecule has 0 aliphatic carbocycles. The maximum absolute atomic E-state index is 12.4. The number of nitrogens with zero attached hydrogens (tertiary/aromatic N) is 1. The quantitative estimate of drug-likeness (QED) is 0.0292. The van der Waals surface area contributed by atoms with Crippen LogP contribution in [0, 0.1) is 17.8 Å². The van der Waals surface area contributed by atoms with E-state index in [1.807, 2.05) is 6.92 Å². The molecule has 0 aromatic heterocycles. The number of allylic oxidation sites excluding steroid dienone is 8. The standard InChI is InChI=1S/C45H79NO2/c1-5-7-9-11-13-15-17-19-21-23-25-27-29-31-33-35-38-44(40-41-45(47)48-43-37-42-46(3)4)39-36-34-32-30-28-26-24-22-20-18-16-14-12-10-8-6-2/h13-16,19-22,44H,5,7,9-12,17-18,23-43H2,1-4H3/b15-13-,16-14-,21-19-,22-20-. The molecular weight excluding hydrogens is 587 g/mol. The maximum atomic E-state index is 12.4. The van der Waals surface area contributed by atoms with Crippen molar-refractivity contribution in [2.45, 2.75) is 187 Å². The lowest BCUT2D eigenvalue weighted by Crippen LogP contribution is -2.16. The molecule has 0 rings (SSSR count). The van der Waals surface area contributed by atoms with Gasteiger partial charge in [0, 0.05) is 19.4 Å². The van der Waals surface area contributed by atoms with Gasteiger partial charge in [-0.15, -0.1) is 11.8 Å². The highest BCUT2D eigenvalue weighted by atomic mass is 16.5. The van der Waals surface area contributed by atoms with Crippen molar-refractivity contribution in [2.24, 2.45) is 5.92 Å². The van der Waals surface area contributed by atoms with Gasteiger partial charge in [0.2, 0.25) is 0 Å². The summed E-state index contributed by atoms with van der Waals surface area (Å²) in [5.41, 5.74) is 0. The Hall–Kier alpha value is -2.05. The number of esters is 1. The third kappa shape index (κ3) is 38.4. The molecular formula is C45H79NO2. The number of ether oxygens (including phenoxy) is 1. The van der Waals surface area contributed by atoms with Crippen molar-refractivity contribution in [1.82, 2.24) is 4.90 Å². The first-order valence-electron chi connectivity index (χ1n) is 20.4. The maximum Gasteiger partial charge on any atom is 0.305 e. The van der Waals surface area contributed by atoms with E-state index in [4.69, 9.17) is 4.74 Å². The molecule has 3 heteroatoms. The lowest BCUT2D eigenvalue weighted by Gasteiger charge is -2.17. The number of carbonyl (C=O) groups is 1. The molecule has 3 nitrogen and oxygen atoms in total. The Morgan fingerprint density at radius 1 is 0.604 bits per heavy atom. The summed E-state index contributed by atoms with van der Waals surface area (Å²) in [6.07, 6.45) is 51.4. The lowest BCUT2D eigenvalue weighted by molar-refractivity contribution is -0.144. The minimum Gasteiger partial charge on any atom is -0.466 e. The Morgan fingerprint density at radius 2 is 1.08 bits per heavy atom. The van der Waals surface area contributed by atoms with Crippen LogP contribution in [0.15, 0.2) is 48.6 Å². The molecule has 0 saturated carbocycles. The SMILES string of the molecule is CC#CCC/C=C\C/C=C\CCCCCCCCC(CCCCCCCC/C=C\C/C=C\CCCCC)CCC(=O)OCCCN(C)C. The van der Waals surface area contributed by atoms with E-state index in [1.165, 1.54) is 128 Å².